The molecule has 1 saturated heterocycles. The summed E-state index contributed by atoms with van der Waals surface area (Å²) < 4.78 is 13.6. The number of thioether (sulfide) groups is 1. The largest absolute Gasteiger partial charge is 0.481 e. The van der Waals surface area contributed by atoms with Gasteiger partial charge in [-0.15, -0.1) is 0 Å². The Labute approximate surface area is 119 Å². The fourth-order valence-corrected chi connectivity index (χ4v) is 4.36. The van der Waals surface area contributed by atoms with E-state index in [-0.39, 0.29) is 5.75 Å². The number of carboxylic acids is 1. The van der Waals surface area contributed by atoms with Crippen LogP contribution in [-0.4, -0.2) is 42.1 Å². The number of aryl methyl sites for hydroxylation is 1. The number of rotatable bonds is 5. The highest BCUT2D eigenvalue weighted by Gasteiger charge is 2.23. The highest BCUT2D eigenvalue weighted by Crippen LogP contribution is 2.30. The van der Waals surface area contributed by atoms with Crippen LogP contribution in [0, 0.1) is 0 Å². The Kier molecular flexibility index (Phi) is 5.04. The van der Waals surface area contributed by atoms with E-state index in [1.54, 1.807) is 0 Å². The molecule has 0 unspecified atom stereocenters. The molecule has 0 bridgehead atoms. The van der Waals surface area contributed by atoms with Crippen LogP contribution in [0.1, 0.15) is 31.5 Å². The van der Waals surface area contributed by atoms with Gasteiger partial charge in [-0.1, -0.05) is 18.7 Å². The second kappa shape index (κ2) is 6.56. The Morgan fingerprint density at radius 3 is 2.84 bits per heavy atom. The molecule has 5 nitrogen and oxygen atoms in total. The SMILES string of the molecule is CCc1cnc(SCC(=O)O)n1C1CCS(=O)CC1. The molecule has 1 aliphatic heterocycles. The first-order valence-electron chi connectivity index (χ1n) is 6.37. The van der Waals surface area contributed by atoms with Crippen molar-refractivity contribution < 1.29 is 14.1 Å². The van der Waals surface area contributed by atoms with Crippen LogP contribution in [0.3, 0.4) is 0 Å². The topological polar surface area (TPSA) is 72.2 Å². The van der Waals surface area contributed by atoms with Crippen molar-refractivity contribution in [3.63, 3.8) is 0 Å². The van der Waals surface area contributed by atoms with Crippen LogP contribution in [0.25, 0.3) is 0 Å². The predicted octanol–water partition coefficient (Wildman–Crippen LogP) is 1.71. The smallest absolute Gasteiger partial charge is 0.313 e. The fraction of sp³-hybridized carbons (Fsp3) is 0.667. The van der Waals surface area contributed by atoms with Crippen molar-refractivity contribution >= 4 is 28.5 Å². The van der Waals surface area contributed by atoms with E-state index in [1.807, 2.05) is 6.20 Å². The van der Waals surface area contributed by atoms with Crippen molar-refractivity contribution in [1.82, 2.24) is 9.55 Å². The average molecular weight is 302 g/mol. The molecule has 19 heavy (non-hydrogen) atoms. The highest BCUT2D eigenvalue weighted by atomic mass is 32.2. The van der Waals surface area contributed by atoms with Crippen LogP contribution in [0.5, 0.6) is 0 Å². The van der Waals surface area contributed by atoms with E-state index in [4.69, 9.17) is 5.11 Å². The highest BCUT2D eigenvalue weighted by molar-refractivity contribution is 7.99. The molecule has 1 aliphatic rings. The van der Waals surface area contributed by atoms with Crippen LogP contribution in [0.2, 0.25) is 0 Å². The second-order valence-corrected chi connectivity index (χ2v) is 7.16. The van der Waals surface area contributed by atoms with E-state index in [9.17, 15) is 9.00 Å². The summed E-state index contributed by atoms with van der Waals surface area (Å²) in [5.74, 6) is 0.658. The third-order valence-corrected chi connectivity index (χ3v) is 5.58. The molecule has 1 fully saturated rings. The number of carbonyl (C=O) groups is 1. The van der Waals surface area contributed by atoms with Gasteiger partial charge in [-0.25, -0.2) is 4.98 Å². The summed E-state index contributed by atoms with van der Waals surface area (Å²) in [6.07, 6.45) is 4.48. The number of aliphatic carboxylic acids is 1. The number of imidazole rings is 1. The van der Waals surface area contributed by atoms with Crippen LogP contribution in [0.4, 0.5) is 0 Å². The van der Waals surface area contributed by atoms with Crippen LogP contribution < -0.4 is 0 Å². The molecule has 0 aliphatic carbocycles. The van der Waals surface area contributed by atoms with Crippen LogP contribution in [0.15, 0.2) is 11.4 Å². The number of aromatic nitrogens is 2. The Morgan fingerprint density at radius 2 is 2.26 bits per heavy atom. The maximum atomic E-state index is 11.4. The van der Waals surface area contributed by atoms with Gasteiger partial charge in [0.25, 0.3) is 0 Å². The Bertz CT molecular complexity index is 477. The second-order valence-electron chi connectivity index (χ2n) is 4.52. The van der Waals surface area contributed by atoms with E-state index in [0.717, 1.165) is 41.6 Å². The normalized spacial score (nSPS) is 23.4. The fourth-order valence-electron chi connectivity index (χ4n) is 2.30. The van der Waals surface area contributed by atoms with Gasteiger partial charge in [-0.3, -0.25) is 9.00 Å². The molecule has 0 radical (unpaired) electrons. The van der Waals surface area contributed by atoms with Gasteiger partial charge < -0.3 is 9.67 Å². The monoisotopic (exact) mass is 302 g/mol. The van der Waals surface area contributed by atoms with Crippen molar-refractivity contribution in [3.05, 3.63) is 11.9 Å². The minimum atomic E-state index is -0.831. The lowest BCUT2D eigenvalue weighted by atomic mass is 10.1. The number of hydrogen-bond donors (Lipinski definition) is 1. The van der Waals surface area contributed by atoms with Gasteiger partial charge in [-0.2, -0.15) is 0 Å². The molecular formula is C12H18N2O3S2. The number of nitrogens with zero attached hydrogens (tertiary/aromatic N) is 2. The Morgan fingerprint density at radius 1 is 1.58 bits per heavy atom. The molecule has 1 N–H and O–H groups in total. The summed E-state index contributed by atoms with van der Waals surface area (Å²) in [4.78, 5) is 15.0. The molecule has 0 spiro atoms. The zero-order chi connectivity index (χ0) is 13.8. The minimum Gasteiger partial charge on any atom is -0.481 e. The Hall–Kier alpha value is -0.820. The predicted molar refractivity (Wildman–Crippen MR) is 76.1 cm³/mol. The molecule has 0 saturated carbocycles. The molecule has 2 heterocycles. The third kappa shape index (κ3) is 3.60. The summed E-state index contributed by atoms with van der Waals surface area (Å²) >= 11 is 1.26. The van der Waals surface area contributed by atoms with Crippen LogP contribution in [-0.2, 0) is 22.0 Å². The quantitative estimate of drug-likeness (QED) is 0.838. The zero-order valence-corrected chi connectivity index (χ0v) is 12.5. The molecule has 7 heteroatoms. The molecule has 0 atom stereocenters. The first-order valence-corrected chi connectivity index (χ1v) is 8.84. The molecule has 2 rings (SSSR count). The third-order valence-electron chi connectivity index (χ3n) is 3.25. The van der Waals surface area contributed by atoms with Gasteiger partial charge in [0, 0.05) is 40.2 Å². The van der Waals surface area contributed by atoms with Gasteiger partial charge in [0.2, 0.25) is 0 Å². The summed E-state index contributed by atoms with van der Waals surface area (Å²) in [6, 6.07) is 0.312. The summed E-state index contributed by atoms with van der Waals surface area (Å²) in [5.41, 5.74) is 1.13. The van der Waals surface area contributed by atoms with E-state index >= 15 is 0 Å². The molecular weight excluding hydrogens is 284 g/mol. The van der Waals surface area contributed by atoms with E-state index in [1.165, 1.54) is 11.8 Å². The lowest BCUT2D eigenvalue weighted by Crippen LogP contribution is -2.23. The standard InChI is InChI=1S/C12H18N2O3S2/c1-2-9-7-13-12(18-8-11(15)16)14(9)10-3-5-19(17)6-4-10/h7,10H,2-6,8H2,1H3,(H,15,16). The molecule has 106 valence electrons. The van der Waals surface area contributed by atoms with E-state index in [2.05, 4.69) is 16.5 Å². The molecule has 1 aromatic rings. The minimum absolute atomic E-state index is 0.0266. The lowest BCUT2D eigenvalue weighted by Gasteiger charge is -2.26. The Balaban J connectivity index is 2.18. The molecule has 0 amide bonds. The van der Waals surface area contributed by atoms with Gasteiger partial charge in [0.05, 0.1) is 5.75 Å². The molecule has 0 aromatic carbocycles. The number of hydrogen-bond acceptors (Lipinski definition) is 4. The van der Waals surface area contributed by atoms with Crippen molar-refractivity contribution in [3.8, 4) is 0 Å². The van der Waals surface area contributed by atoms with Gasteiger partial charge in [0.1, 0.15) is 0 Å². The zero-order valence-electron chi connectivity index (χ0n) is 10.9. The van der Waals surface area contributed by atoms with Gasteiger partial charge >= 0.3 is 5.97 Å². The van der Waals surface area contributed by atoms with Gasteiger partial charge in [0.15, 0.2) is 5.16 Å². The van der Waals surface area contributed by atoms with E-state index in [0.29, 0.717) is 6.04 Å². The summed E-state index contributed by atoms with van der Waals surface area (Å²) in [5, 5.41) is 9.55. The van der Waals surface area contributed by atoms with Crippen molar-refractivity contribution in [2.75, 3.05) is 17.3 Å². The molecule has 1 aromatic heterocycles. The van der Waals surface area contributed by atoms with Crippen molar-refractivity contribution in [1.29, 1.82) is 0 Å². The lowest BCUT2D eigenvalue weighted by molar-refractivity contribution is -0.133. The summed E-state index contributed by atoms with van der Waals surface area (Å²) in [7, 11) is -0.683. The maximum Gasteiger partial charge on any atom is 0.313 e. The first kappa shape index (κ1) is 14.6. The van der Waals surface area contributed by atoms with Crippen LogP contribution >= 0.6 is 11.8 Å². The first-order chi connectivity index (χ1) is 9.11. The van der Waals surface area contributed by atoms with Crippen molar-refractivity contribution in [2.24, 2.45) is 0 Å². The van der Waals surface area contributed by atoms with E-state index < -0.39 is 16.8 Å². The maximum absolute atomic E-state index is 11.4. The summed E-state index contributed by atoms with van der Waals surface area (Å²) in [6.45, 7) is 2.07. The van der Waals surface area contributed by atoms with Crippen molar-refractivity contribution in [2.45, 2.75) is 37.4 Å². The average Bonchev–Trinajstić information content (AvgIpc) is 2.80. The van der Waals surface area contributed by atoms with Gasteiger partial charge in [-0.05, 0) is 19.3 Å². The number of carboxylic acid groups (broad SMARTS) is 1.